The second kappa shape index (κ2) is 3.18. The predicted octanol–water partition coefficient (Wildman–Crippen LogP) is 1.74. The average molecular weight is 212 g/mol. The highest BCUT2D eigenvalue weighted by Crippen LogP contribution is 2.33. The van der Waals surface area contributed by atoms with Crippen molar-refractivity contribution < 1.29 is 13.6 Å². The zero-order valence-electron chi connectivity index (χ0n) is 8.34. The molecule has 1 unspecified atom stereocenters. The van der Waals surface area contributed by atoms with Gasteiger partial charge in [-0.2, -0.15) is 0 Å². The summed E-state index contributed by atoms with van der Waals surface area (Å²) in [5.41, 5.74) is 0.404. The van der Waals surface area contributed by atoms with Crippen LogP contribution in [0.3, 0.4) is 0 Å². The van der Waals surface area contributed by atoms with Crippen molar-refractivity contribution in [1.82, 2.24) is 0 Å². The number of carbonyl (C=O) groups is 1. The minimum absolute atomic E-state index is 0.0968. The molecule has 1 amide bonds. The maximum atomic E-state index is 13.4. The number of carbonyl (C=O) groups excluding carboxylic acids is 1. The van der Waals surface area contributed by atoms with Gasteiger partial charge in [-0.05, 0) is 13.0 Å². The van der Waals surface area contributed by atoms with Gasteiger partial charge in [-0.25, -0.2) is 8.78 Å². The molecule has 0 bridgehead atoms. The van der Waals surface area contributed by atoms with Crippen molar-refractivity contribution in [2.24, 2.45) is 0 Å². The number of halogens is 2. The molecule has 1 aromatic carbocycles. The Balaban J connectivity index is 2.60. The van der Waals surface area contributed by atoms with Crippen molar-refractivity contribution in [3.05, 3.63) is 23.8 Å². The molecule has 5 heteroatoms. The summed E-state index contributed by atoms with van der Waals surface area (Å²) in [6, 6.07) is 1.47. The summed E-state index contributed by atoms with van der Waals surface area (Å²) in [6.07, 6.45) is 0. The fraction of sp³-hybridized carbons (Fsp3) is 0.300. The van der Waals surface area contributed by atoms with Crippen molar-refractivity contribution in [2.75, 3.05) is 17.3 Å². The second-order valence-corrected chi connectivity index (χ2v) is 3.55. The van der Waals surface area contributed by atoms with E-state index >= 15 is 0 Å². The minimum atomic E-state index is -0.736. The van der Waals surface area contributed by atoms with E-state index in [-0.39, 0.29) is 11.6 Å². The smallest absolute Gasteiger partial charge is 0.249 e. The summed E-state index contributed by atoms with van der Waals surface area (Å²) < 4.78 is 26.3. The van der Waals surface area contributed by atoms with Crippen molar-refractivity contribution in [3.63, 3.8) is 0 Å². The normalized spacial score (nSPS) is 19.9. The monoisotopic (exact) mass is 212 g/mol. The lowest BCUT2D eigenvalue weighted by Crippen LogP contribution is -2.44. The van der Waals surface area contributed by atoms with E-state index in [1.54, 1.807) is 6.92 Å². The summed E-state index contributed by atoms with van der Waals surface area (Å²) in [5.74, 6) is -1.64. The molecule has 80 valence electrons. The number of anilines is 2. The first-order chi connectivity index (χ1) is 7.00. The molecule has 1 N–H and O–H groups in total. The van der Waals surface area contributed by atoms with Crippen LogP contribution in [0.2, 0.25) is 0 Å². The number of fused-ring (bicyclic) bond motifs is 1. The van der Waals surface area contributed by atoms with Crippen molar-refractivity contribution >= 4 is 17.3 Å². The van der Waals surface area contributed by atoms with E-state index in [0.717, 1.165) is 6.07 Å². The summed E-state index contributed by atoms with van der Waals surface area (Å²) in [7, 11) is 1.47. The third-order valence-electron chi connectivity index (χ3n) is 2.44. The first-order valence-electron chi connectivity index (χ1n) is 4.54. The van der Waals surface area contributed by atoms with Gasteiger partial charge in [-0.1, -0.05) is 0 Å². The molecule has 2 rings (SSSR count). The molecule has 1 aliphatic rings. The lowest BCUT2D eigenvalue weighted by atomic mass is 10.1. The molecule has 0 saturated carbocycles. The first kappa shape index (κ1) is 9.89. The molecular weight excluding hydrogens is 202 g/mol. The van der Waals surface area contributed by atoms with Crippen LogP contribution in [0.5, 0.6) is 0 Å². The van der Waals surface area contributed by atoms with E-state index in [9.17, 15) is 13.6 Å². The molecule has 3 nitrogen and oxygen atoms in total. The van der Waals surface area contributed by atoms with Gasteiger partial charge < -0.3 is 10.2 Å². The minimum Gasteiger partial charge on any atom is -0.372 e. The Morgan fingerprint density at radius 2 is 2.07 bits per heavy atom. The third kappa shape index (κ3) is 1.44. The highest BCUT2D eigenvalue weighted by atomic mass is 19.1. The van der Waals surface area contributed by atoms with E-state index in [1.165, 1.54) is 18.0 Å². The number of hydrogen-bond acceptors (Lipinski definition) is 2. The Morgan fingerprint density at radius 3 is 2.73 bits per heavy atom. The van der Waals surface area contributed by atoms with Gasteiger partial charge in [0.15, 0.2) is 5.82 Å². The lowest BCUT2D eigenvalue weighted by Gasteiger charge is -2.31. The van der Waals surface area contributed by atoms with Crippen LogP contribution in [0, 0.1) is 11.6 Å². The maximum Gasteiger partial charge on any atom is 0.249 e. The van der Waals surface area contributed by atoms with Crippen molar-refractivity contribution in [2.45, 2.75) is 13.0 Å². The lowest BCUT2D eigenvalue weighted by molar-refractivity contribution is -0.118. The molecule has 0 aromatic heterocycles. The van der Waals surface area contributed by atoms with Gasteiger partial charge in [-0.3, -0.25) is 4.79 Å². The Hall–Kier alpha value is -1.65. The van der Waals surface area contributed by atoms with E-state index < -0.39 is 17.7 Å². The van der Waals surface area contributed by atoms with Gasteiger partial charge in [0.2, 0.25) is 5.91 Å². The Kier molecular flexibility index (Phi) is 2.10. The average Bonchev–Trinajstić information content (AvgIpc) is 2.13. The molecule has 0 fully saturated rings. The zero-order valence-corrected chi connectivity index (χ0v) is 8.34. The van der Waals surface area contributed by atoms with Crippen LogP contribution in [-0.2, 0) is 4.79 Å². The fourth-order valence-corrected chi connectivity index (χ4v) is 1.71. The summed E-state index contributed by atoms with van der Waals surface area (Å²) in [6.45, 7) is 1.64. The number of amides is 1. The van der Waals surface area contributed by atoms with E-state index in [2.05, 4.69) is 5.32 Å². The molecule has 15 heavy (non-hydrogen) atoms. The molecule has 0 aliphatic carbocycles. The molecule has 1 aromatic rings. The SMILES string of the molecule is CC1Nc2cc(F)cc(F)c2N(C)C1=O. The number of nitrogens with zero attached hydrogens (tertiary/aromatic N) is 1. The third-order valence-corrected chi connectivity index (χ3v) is 2.44. The van der Waals surface area contributed by atoms with Crippen LogP contribution in [-0.4, -0.2) is 19.0 Å². The topological polar surface area (TPSA) is 32.3 Å². The largest absolute Gasteiger partial charge is 0.372 e. The van der Waals surface area contributed by atoms with E-state index in [1.807, 2.05) is 0 Å². The summed E-state index contributed by atoms with van der Waals surface area (Å²) in [5, 5.41) is 2.75. The zero-order chi connectivity index (χ0) is 11.2. The standard InChI is InChI=1S/C10H10F2N2O/c1-5-10(15)14(2)9-7(12)3-6(11)4-8(9)13-5/h3-5,13H,1-2H3. The van der Waals surface area contributed by atoms with Crippen LogP contribution in [0.15, 0.2) is 12.1 Å². The van der Waals surface area contributed by atoms with E-state index in [4.69, 9.17) is 0 Å². The summed E-state index contributed by atoms with van der Waals surface area (Å²) >= 11 is 0. The van der Waals surface area contributed by atoms with Crippen LogP contribution in [0.1, 0.15) is 6.92 Å². The molecule has 1 heterocycles. The van der Waals surface area contributed by atoms with Crippen molar-refractivity contribution in [3.8, 4) is 0 Å². The molecule has 0 saturated heterocycles. The van der Waals surface area contributed by atoms with Gasteiger partial charge in [0.1, 0.15) is 17.5 Å². The highest BCUT2D eigenvalue weighted by Gasteiger charge is 2.29. The summed E-state index contributed by atoms with van der Waals surface area (Å²) in [4.78, 5) is 12.7. The van der Waals surface area contributed by atoms with Gasteiger partial charge >= 0.3 is 0 Å². The predicted molar refractivity (Wildman–Crippen MR) is 52.9 cm³/mol. The maximum absolute atomic E-state index is 13.4. The Labute approximate surface area is 85.7 Å². The second-order valence-electron chi connectivity index (χ2n) is 3.55. The number of hydrogen-bond donors (Lipinski definition) is 1. The Morgan fingerprint density at radius 1 is 1.40 bits per heavy atom. The van der Waals surface area contributed by atoms with E-state index in [0.29, 0.717) is 5.69 Å². The van der Waals surface area contributed by atoms with Crippen LogP contribution < -0.4 is 10.2 Å². The molecule has 0 spiro atoms. The highest BCUT2D eigenvalue weighted by molar-refractivity contribution is 6.04. The molecular formula is C10H10F2N2O. The molecule has 0 radical (unpaired) electrons. The van der Waals surface area contributed by atoms with Gasteiger partial charge in [0.05, 0.1) is 5.69 Å². The fourth-order valence-electron chi connectivity index (χ4n) is 1.71. The van der Waals surface area contributed by atoms with Gasteiger partial charge in [-0.15, -0.1) is 0 Å². The first-order valence-corrected chi connectivity index (χ1v) is 4.54. The Bertz CT molecular complexity index is 434. The number of nitrogens with one attached hydrogen (secondary N) is 1. The van der Waals surface area contributed by atoms with Crippen LogP contribution >= 0.6 is 0 Å². The number of likely N-dealkylation sites (N-methyl/N-ethyl adjacent to an activating group) is 1. The van der Waals surface area contributed by atoms with Crippen LogP contribution in [0.4, 0.5) is 20.2 Å². The molecule has 1 aliphatic heterocycles. The van der Waals surface area contributed by atoms with Crippen LogP contribution in [0.25, 0.3) is 0 Å². The van der Waals surface area contributed by atoms with Gasteiger partial charge in [0.25, 0.3) is 0 Å². The van der Waals surface area contributed by atoms with Crippen molar-refractivity contribution in [1.29, 1.82) is 0 Å². The quantitative estimate of drug-likeness (QED) is 0.710. The van der Waals surface area contributed by atoms with Gasteiger partial charge in [0, 0.05) is 13.1 Å². The molecule has 1 atom stereocenters. The number of benzene rings is 1. The number of rotatable bonds is 0.